The molecule has 0 fully saturated rings. The lowest BCUT2D eigenvalue weighted by molar-refractivity contribution is -0.156. The summed E-state index contributed by atoms with van der Waals surface area (Å²) in [4.78, 5) is 19.3. The monoisotopic (exact) mass is 270 g/mol. The number of carboxylic acid groups (broad SMARTS) is 1. The number of aromatic nitrogens is 2. The Balaban J connectivity index is 3.12. The molecule has 0 aromatic carbocycles. The molecule has 0 radical (unpaired) electrons. The number of hydrogen-bond acceptors (Lipinski definition) is 6. The minimum Gasteiger partial charge on any atom is -0.481 e. The SMILES string of the molecule is CCC(CC)(Oc1nc(OC)cc(OC)n1)C(=O)O. The zero-order chi connectivity index (χ0) is 14.5. The number of nitrogens with zero attached hydrogens (tertiary/aromatic N) is 2. The lowest BCUT2D eigenvalue weighted by Gasteiger charge is -2.26. The third-order valence-corrected chi connectivity index (χ3v) is 2.90. The van der Waals surface area contributed by atoms with Crippen LogP contribution in [-0.4, -0.2) is 40.9 Å². The van der Waals surface area contributed by atoms with Gasteiger partial charge in [0.25, 0.3) is 0 Å². The molecule has 0 saturated heterocycles. The van der Waals surface area contributed by atoms with Gasteiger partial charge in [0.1, 0.15) is 0 Å². The topological polar surface area (TPSA) is 90.8 Å². The summed E-state index contributed by atoms with van der Waals surface area (Å²) >= 11 is 0. The molecule has 0 aliphatic rings. The second-order valence-corrected chi connectivity index (χ2v) is 3.84. The molecule has 1 aromatic heterocycles. The number of ether oxygens (including phenoxy) is 3. The normalized spacial score (nSPS) is 10.9. The Morgan fingerprint density at radius 2 is 1.68 bits per heavy atom. The average Bonchev–Trinajstić information content (AvgIpc) is 2.43. The minimum absolute atomic E-state index is 0.0812. The molecule has 1 rings (SSSR count). The van der Waals surface area contributed by atoms with Crippen LogP contribution < -0.4 is 14.2 Å². The van der Waals surface area contributed by atoms with Crippen molar-refractivity contribution in [1.29, 1.82) is 0 Å². The smallest absolute Gasteiger partial charge is 0.348 e. The number of rotatable bonds is 7. The number of carboxylic acids is 1. The quantitative estimate of drug-likeness (QED) is 0.803. The Labute approximate surface area is 111 Å². The molecule has 19 heavy (non-hydrogen) atoms. The highest BCUT2D eigenvalue weighted by atomic mass is 16.5. The average molecular weight is 270 g/mol. The third-order valence-electron chi connectivity index (χ3n) is 2.90. The molecular weight excluding hydrogens is 252 g/mol. The van der Waals surface area contributed by atoms with E-state index >= 15 is 0 Å². The summed E-state index contributed by atoms with van der Waals surface area (Å²) in [6.07, 6.45) is 0.587. The van der Waals surface area contributed by atoms with Gasteiger partial charge in [-0.05, 0) is 12.8 Å². The highest BCUT2D eigenvalue weighted by Gasteiger charge is 2.38. The van der Waals surface area contributed by atoms with E-state index in [1.54, 1.807) is 13.8 Å². The van der Waals surface area contributed by atoms with Crippen molar-refractivity contribution < 1.29 is 24.1 Å². The van der Waals surface area contributed by atoms with Crippen LogP contribution >= 0.6 is 0 Å². The summed E-state index contributed by atoms with van der Waals surface area (Å²) in [5, 5.41) is 9.30. The van der Waals surface area contributed by atoms with Crippen LogP contribution in [0.4, 0.5) is 0 Å². The molecule has 0 saturated carbocycles. The maximum Gasteiger partial charge on any atom is 0.348 e. The fourth-order valence-corrected chi connectivity index (χ4v) is 1.55. The maximum atomic E-state index is 11.4. The summed E-state index contributed by atoms with van der Waals surface area (Å²) < 4.78 is 15.4. The fraction of sp³-hybridized carbons (Fsp3) is 0.583. The molecule has 1 aromatic rings. The van der Waals surface area contributed by atoms with Crippen LogP contribution in [0.25, 0.3) is 0 Å². The van der Waals surface area contributed by atoms with Crippen molar-refractivity contribution in [3.8, 4) is 17.8 Å². The first-order valence-electron chi connectivity index (χ1n) is 5.90. The molecule has 0 spiro atoms. The van der Waals surface area contributed by atoms with Crippen LogP contribution in [0.2, 0.25) is 0 Å². The van der Waals surface area contributed by atoms with E-state index in [4.69, 9.17) is 14.2 Å². The zero-order valence-corrected chi connectivity index (χ0v) is 11.5. The fourth-order valence-electron chi connectivity index (χ4n) is 1.55. The van der Waals surface area contributed by atoms with Crippen molar-refractivity contribution in [2.75, 3.05) is 14.2 Å². The molecule has 0 bridgehead atoms. The number of carbonyl (C=O) groups is 1. The molecule has 106 valence electrons. The van der Waals surface area contributed by atoms with Gasteiger partial charge in [-0.15, -0.1) is 0 Å². The van der Waals surface area contributed by atoms with E-state index in [0.717, 1.165) is 0 Å². The summed E-state index contributed by atoms with van der Waals surface area (Å²) in [5.41, 5.74) is -1.35. The summed E-state index contributed by atoms with van der Waals surface area (Å²) in [6, 6.07) is 1.40. The minimum atomic E-state index is -1.35. The van der Waals surface area contributed by atoms with Crippen LogP contribution in [0.15, 0.2) is 6.07 Å². The van der Waals surface area contributed by atoms with E-state index in [-0.39, 0.29) is 17.8 Å². The molecule has 7 nitrogen and oxygen atoms in total. The van der Waals surface area contributed by atoms with Gasteiger partial charge in [-0.1, -0.05) is 13.8 Å². The Hall–Kier alpha value is -2.05. The van der Waals surface area contributed by atoms with Crippen LogP contribution in [-0.2, 0) is 4.79 Å². The van der Waals surface area contributed by atoms with Gasteiger partial charge < -0.3 is 19.3 Å². The van der Waals surface area contributed by atoms with E-state index in [9.17, 15) is 9.90 Å². The standard InChI is InChI=1S/C12H18N2O5/c1-5-12(6-2,10(15)16)19-11-13-8(17-3)7-9(14-11)18-4/h7H,5-6H2,1-4H3,(H,15,16). The second-order valence-electron chi connectivity index (χ2n) is 3.84. The van der Waals surface area contributed by atoms with Crippen LogP contribution in [0.3, 0.4) is 0 Å². The summed E-state index contributed by atoms with van der Waals surface area (Å²) in [7, 11) is 2.88. The van der Waals surface area contributed by atoms with Gasteiger partial charge in [0.05, 0.1) is 20.3 Å². The van der Waals surface area contributed by atoms with Gasteiger partial charge in [0.2, 0.25) is 17.4 Å². The molecule has 0 aliphatic heterocycles. The van der Waals surface area contributed by atoms with Gasteiger partial charge >= 0.3 is 12.0 Å². The number of hydrogen-bond donors (Lipinski definition) is 1. The zero-order valence-electron chi connectivity index (χ0n) is 11.5. The molecule has 1 N–H and O–H groups in total. The number of aliphatic carboxylic acids is 1. The van der Waals surface area contributed by atoms with Gasteiger partial charge in [-0.25, -0.2) is 4.79 Å². The molecule has 0 unspecified atom stereocenters. The predicted molar refractivity (Wildman–Crippen MR) is 66.7 cm³/mol. The first-order valence-corrected chi connectivity index (χ1v) is 5.90. The van der Waals surface area contributed by atoms with Gasteiger partial charge in [-0.3, -0.25) is 0 Å². The molecular formula is C12H18N2O5. The molecule has 1 heterocycles. The van der Waals surface area contributed by atoms with Gasteiger partial charge in [-0.2, -0.15) is 9.97 Å². The first kappa shape index (κ1) is 15.0. The molecule has 0 atom stereocenters. The Kier molecular flexibility index (Phi) is 4.91. The molecule has 0 amide bonds. The lowest BCUT2D eigenvalue weighted by atomic mass is 9.97. The first-order chi connectivity index (χ1) is 9.01. The Morgan fingerprint density at radius 3 is 2.00 bits per heavy atom. The largest absolute Gasteiger partial charge is 0.481 e. The highest BCUT2D eigenvalue weighted by molar-refractivity contribution is 5.77. The van der Waals surface area contributed by atoms with Crippen molar-refractivity contribution in [2.24, 2.45) is 0 Å². The summed E-state index contributed by atoms with van der Waals surface area (Å²) in [6.45, 7) is 3.46. The highest BCUT2D eigenvalue weighted by Crippen LogP contribution is 2.26. The van der Waals surface area contributed by atoms with E-state index in [0.29, 0.717) is 12.8 Å². The second kappa shape index (κ2) is 6.21. The van der Waals surface area contributed by atoms with E-state index in [1.165, 1.54) is 20.3 Å². The summed E-state index contributed by atoms with van der Waals surface area (Å²) in [5.74, 6) is -0.565. The van der Waals surface area contributed by atoms with Crippen molar-refractivity contribution in [3.63, 3.8) is 0 Å². The van der Waals surface area contributed by atoms with E-state index in [1.807, 2.05) is 0 Å². The predicted octanol–water partition coefficient (Wildman–Crippen LogP) is 1.52. The lowest BCUT2D eigenvalue weighted by Crippen LogP contribution is -2.43. The van der Waals surface area contributed by atoms with Crippen LogP contribution in [0, 0.1) is 0 Å². The van der Waals surface area contributed by atoms with Crippen LogP contribution in [0.5, 0.6) is 17.8 Å². The maximum absolute atomic E-state index is 11.4. The third kappa shape index (κ3) is 3.24. The van der Waals surface area contributed by atoms with Crippen LogP contribution in [0.1, 0.15) is 26.7 Å². The van der Waals surface area contributed by atoms with Crippen molar-refractivity contribution in [1.82, 2.24) is 9.97 Å². The molecule has 7 heteroatoms. The van der Waals surface area contributed by atoms with E-state index in [2.05, 4.69) is 9.97 Å². The van der Waals surface area contributed by atoms with Gasteiger partial charge in [0.15, 0.2) is 0 Å². The Morgan fingerprint density at radius 1 is 1.21 bits per heavy atom. The number of methoxy groups -OCH3 is 2. The van der Waals surface area contributed by atoms with Crippen molar-refractivity contribution >= 4 is 5.97 Å². The van der Waals surface area contributed by atoms with Crippen molar-refractivity contribution in [2.45, 2.75) is 32.3 Å². The van der Waals surface area contributed by atoms with E-state index < -0.39 is 11.6 Å². The van der Waals surface area contributed by atoms with Crippen molar-refractivity contribution in [3.05, 3.63) is 6.07 Å². The van der Waals surface area contributed by atoms with Gasteiger partial charge in [0, 0.05) is 0 Å². The Bertz CT molecular complexity index is 423. The molecule has 0 aliphatic carbocycles.